The van der Waals surface area contributed by atoms with Crippen LogP contribution in [-0.2, 0) is 10.9 Å². The molecule has 7 heteroatoms. The smallest absolute Gasteiger partial charge is 0.382 e. The van der Waals surface area contributed by atoms with Gasteiger partial charge in [-0.15, -0.1) is 0 Å². The first kappa shape index (κ1) is 17.7. The lowest BCUT2D eigenvalue weighted by atomic mass is 10.1. The molecule has 0 fully saturated rings. The molecule has 21 heavy (non-hydrogen) atoms. The van der Waals surface area contributed by atoms with Crippen LogP contribution < -0.4 is 10.6 Å². The Kier molecular flexibility index (Phi) is 6.91. The van der Waals surface area contributed by atoms with Crippen molar-refractivity contribution in [3.8, 4) is 0 Å². The Morgan fingerprint density at radius 3 is 2.67 bits per heavy atom. The van der Waals surface area contributed by atoms with Gasteiger partial charge in [0.25, 0.3) is 0 Å². The maximum Gasteiger partial charge on any atom is 0.416 e. The molecular weight excluding hydrogens is 301 g/mol. The number of ether oxygens (including phenoxy) is 1. The molecule has 2 N–H and O–H groups in total. The van der Waals surface area contributed by atoms with Crippen molar-refractivity contribution in [3.63, 3.8) is 0 Å². The molecule has 1 aromatic rings. The Bertz CT molecular complexity index is 478. The highest BCUT2D eigenvalue weighted by Gasteiger charge is 2.32. The van der Waals surface area contributed by atoms with Gasteiger partial charge >= 0.3 is 6.18 Å². The third kappa shape index (κ3) is 6.31. The van der Waals surface area contributed by atoms with E-state index < -0.39 is 11.7 Å². The van der Waals surface area contributed by atoms with E-state index in [4.69, 9.17) is 17.0 Å². The standard InChI is InChI=1S/C14H19F3N2OS/c1-3-20-8-4-7-18-13(21)19-11-6-5-10(2)12(9-11)14(15,16)17/h5-6,9H,3-4,7-8H2,1-2H3,(H2,18,19,21). The van der Waals surface area contributed by atoms with E-state index in [1.165, 1.54) is 13.0 Å². The second kappa shape index (κ2) is 8.19. The maximum atomic E-state index is 12.8. The quantitative estimate of drug-likeness (QED) is 0.618. The summed E-state index contributed by atoms with van der Waals surface area (Å²) in [5.41, 5.74) is -0.162. The van der Waals surface area contributed by atoms with Gasteiger partial charge in [0.1, 0.15) is 0 Å². The molecule has 0 atom stereocenters. The highest BCUT2D eigenvalue weighted by atomic mass is 32.1. The largest absolute Gasteiger partial charge is 0.416 e. The number of benzene rings is 1. The van der Waals surface area contributed by atoms with E-state index in [1.54, 1.807) is 6.07 Å². The minimum absolute atomic E-state index is 0.184. The summed E-state index contributed by atoms with van der Waals surface area (Å²) < 4.78 is 43.6. The van der Waals surface area contributed by atoms with Gasteiger partial charge in [-0.05, 0) is 50.2 Å². The molecule has 118 valence electrons. The fourth-order valence-electron chi connectivity index (χ4n) is 1.70. The number of thiocarbonyl (C=S) groups is 1. The van der Waals surface area contributed by atoms with Gasteiger partial charge in [-0.1, -0.05) is 6.07 Å². The van der Waals surface area contributed by atoms with Crippen LogP contribution in [0.15, 0.2) is 18.2 Å². The van der Waals surface area contributed by atoms with Crippen LogP contribution in [0.25, 0.3) is 0 Å². The maximum absolute atomic E-state index is 12.8. The first-order valence-corrected chi connectivity index (χ1v) is 7.06. The number of hydrogen-bond acceptors (Lipinski definition) is 2. The van der Waals surface area contributed by atoms with E-state index in [0.29, 0.717) is 30.6 Å². The minimum Gasteiger partial charge on any atom is -0.382 e. The van der Waals surface area contributed by atoms with Gasteiger partial charge in [-0.2, -0.15) is 13.2 Å². The molecule has 3 nitrogen and oxygen atoms in total. The van der Waals surface area contributed by atoms with Gasteiger partial charge in [0, 0.05) is 25.4 Å². The van der Waals surface area contributed by atoms with Crippen molar-refractivity contribution < 1.29 is 17.9 Å². The number of rotatable bonds is 6. The van der Waals surface area contributed by atoms with Crippen LogP contribution in [-0.4, -0.2) is 24.9 Å². The molecule has 0 saturated heterocycles. The predicted octanol–water partition coefficient (Wildman–Crippen LogP) is 3.73. The molecule has 0 amide bonds. The summed E-state index contributed by atoms with van der Waals surface area (Å²) in [5, 5.41) is 5.97. The van der Waals surface area contributed by atoms with Crippen molar-refractivity contribution in [2.75, 3.05) is 25.1 Å². The van der Waals surface area contributed by atoms with Crippen LogP contribution in [0.5, 0.6) is 0 Å². The van der Waals surface area contributed by atoms with Gasteiger partial charge in [0.05, 0.1) is 5.56 Å². The van der Waals surface area contributed by atoms with Crippen LogP contribution in [0.3, 0.4) is 0 Å². The number of alkyl halides is 3. The van der Waals surface area contributed by atoms with Crippen molar-refractivity contribution >= 4 is 23.0 Å². The lowest BCUT2D eigenvalue weighted by Crippen LogP contribution is -2.30. The highest BCUT2D eigenvalue weighted by Crippen LogP contribution is 2.33. The van der Waals surface area contributed by atoms with Gasteiger partial charge in [-0.3, -0.25) is 0 Å². The average Bonchev–Trinajstić information content (AvgIpc) is 2.39. The topological polar surface area (TPSA) is 33.3 Å². The molecule has 0 saturated carbocycles. The van der Waals surface area contributed by atoms with E-state index in [1.807, 2.05) is 6.92 Å². The molecule has 0 aromatic heterocycles. The van der Waals surface area contributed by atoms with E-state index in [0.717, 1.165) is 12.5 Å². The number of hydrogen-bond donors (Lipinski definition) is 2. The molecular formula is C14H19F3N2OS. The molecule has 0 radical (unpaired) electrons. The van der Waals surface area contributed by atoms with Crippen molar-refractivity contribution in [1.82, 2.24) is 5.32 Å². The minimum atomic E-state index is -4.37. The lowest BCUT2D eigenvalue weighted by Gasteiger charge is -2.14. The Morgan fingerprint density at radius 2 is 2.05 bits per heavy atom. The van der Waals surface area contributed by atoms with Crippen molar-refractivity contribution in [2.45, 2.75) is 26.4 Å². The van der Waals surface area contributed by atoms with Gasteiger partial charge in [0.15, 0.2) is 5.11 Å². The molecule has 1 rings (SSSR count). The number of nitrogens with one attached hydrogen (secondary N) is 2. The second-order valence-electron chi connectivity index (χ2n) is 4.46. The zero-order chi connectivity index (χ0) is 15.9. The first-order valence-electron chi connectivity index (χ1n) is 6.65. The zero-order valence-corrected chi connectivity index (χ0v) is 12.8. The first-order chi connectivity index (χ1) is 9.84. The lowest BCUT2D eigenvalue weighted by molar-refractivity contribution is -0.138. The van der Waals surface area contributed by atoms with Crippen LogP contribution in [0.4, 0.5) is 18.9 Å². The second-order valence-corrected chi connectivity index (χ2v) is 4.87. The summed E-state index contributed by atoms with van der Waals surface area (Å²) in [6.45, 7) is 5.22. The molecule has 0 heterocycles. The molecule has 0 aliphatic rings. The fourth-order valence-corrected chi connectivity index (χ4v) is 1.92. The van der Waals surface area contributed by atoms with Gasteiger partial charge in [-0.25, -0.2) is 0 Å². The van der Waals surface area contributed by atoms with Crippen LogP contribution in [0.1, 0.15) is 24.5 Å². The molecule has 0 spiro atoms. The van der Waals surface area contributed by atoms with Crippen molar-refractivity contribution in [2.24, 2.45) is 0 Å². The summed E-state index contributed by atoms with van der Waals surface area (Å²) in [6, 6.07) is 4.05. The molecule has 0 aliphatic carbocycles. The van der Waals surface area contributed by atoms with E-state index in [-0.39, 0.29) is 5.56 Å². The van der Waals surface area contributed by atoms with Crippen molar-refractivity contribution in [1.29, 1.82) is 0 Å². The number of aryl methyl sites for hydroxylation is 1. The summed E-state index contributed by atoms with van der Waals surface area (Å²) >= 11 is 5.04. The van der Waals surface area contributed by atoms with Crippen LogP contribution in [0, 0.1) is 6.92 Å². The SMILES string of the molecule is CCOCCCNC(=S)Nc1ccc(C)c(C(F)(F)F)c1. The summed E-state index contributed by atoms with van der Waals surface area (Å²) in [6.07, 6.45) is -3.59. The Labute approximate surface area is 127 Å². The summed E-state index contributed by atoms with van der Waals surface area (Å²) in [4.78, 5) is 0. The fraction of sp³-hybridized carbons (Fsp3) is 0.500. The van der Waals surface area contributed by atoms with Gasteiger partial charge < -0.3 is 15.4 Å². The molecule has 0 bridgehead atoms. The Balaban J connectivity index is 2.53. The van der Waals surface area contributed by atoms with Crippen molar-refractivity contribution in [3.05, 3.63) is 29.3 Å². The normalized spacial score (nSPS) is 11.3. The van der Waals surface area contributed by atoms with Crippen LogP contribution in [0.2, 0.25) is 0 Å². The predicted molar refractivity (Wildman–Crippen MR) is 81.5 cm³/mol. The number of halogens is 3. The Morgan fingerprint density at radius 1 is 1.33 bits per heavy atom. The van der Waals surface area contributed by atoms with E-state index in [9.17, 15) is 13.2 Å². The van der Waals surface area contributed by atoms with E-state index in [2.05, 4.69) is 10.6 Å². The summed E-state index contributed by atoms with van der Waals surface area (Å²) in [5.74, 6) is 0. The zero-order valence-electron chi connectivity index (χ0n) is 12.0. The molecule has 1 aromatic carbocycles. The molecule has 0 unspecified atom stereocenters. The average molecular weight is 320 g/mol. The highest BCUT2D eigenvalue weighted by molar-refractivity contribution is 7.80. The monoisotopic (exact) mass is 320 g/mol. The Hall–Kier alpha value is -1.34. The van der Waals surface area contributed by atoms with Crippen LogP contribution >= 0.6 is 12.2 Å². The third-order valence-corrected chi connectivity index (χ3v) is 3.00. The number of anilines is 1. The molecule has 0 aliphatic heterocycles. The van der Waals surface area contributed by atoms with E-state index >= 15 is 0 Å². The summed E-state index contributed by atoms with van der Waals surface area (Å²) in [7, 11) is 0. The van der Waals surface area contributed by atoms with Gasteiger partial charge in [0.2, 0.25) is 0 Å². The third-order valence-electron chi connectivity index (χ3n) is 2.76.